The number of carbonyl (C=O) groups excluding carboxylic acids is 1. The lowest BCUT2D eigenvalue weighted by molar-refractivity contribution is -0.114. The fourth-order valence-electron chi connectivity index (χ4n) is 1.62. The summed E-state index contributed by atoms with van der Waals surface area (Å²) in [5.74, 6) is -1.23. The smallest absolute Gasteiger partial charge is 0.338 e. The van der Waals surface area contributed by atoms with Crippen molar-refractivity contribution >= 4 is 35.0 Å². The molecular formula is C14H13N3O3S. The quantitative estimate of drug-likeness (QED) is 0.801. The molecule has 21 heavy (non-hydrogen) atoms. The van der Waals surface area contributed by atoms with E-state index in [2.05, 4.69) is 10.3 Å². The molecule has 0 unspecified atom stereocenters. The third-order valence-electron chi connectivity index (χ3n) is 2.49. The molecule has 1 aromatic heterocycles. The standard InChI is InChI=1S/C14H13N3O3S/c1-8(18)17-10-2-4-11(5-3-10)21-13-12(14(19)20)6-9(15)7-16-13/h2-7H,15H2,1H3,(H,17,18)(H,19,20). The number of carbonyl (C=O) groups is 2. The van der Waals surface area contributed by atoms with E-state index in [1.54, 1.807) is 24.3 Å². The van der Waals surface area contributed by atoms with Crippen molar-refractivity contribution in [3.8, 4) is 0 Å². The van der Waals surface area contributed by atoms with Gasteiger partial charge in [-0.1, -0.05) is 11.8 Å². The van der Waals surface area contributed by atoms with Crippen LogP contribution in [0.5, 0.6) is 0 Å². The summed E-state index contributed by atoms with van der Waals surface area (Å²) < 4.78 is 0. The first-order valence-corrected chi connectivity index (χ1v) is 6.81. The highest BCUT2D eigenvalue weighted by Crippen LogP contribution is 2.30. The Kier molecular flexibility index (Phi) is 4.44. The number of anilines is 2. The van der Waals surface area contributed by atoms with Gasteiger partial charge in [-0.3, -0.25) is 4.79 Å². The van der Waals surface area contributed by atoms with Crippen molar-refractivity contribution in [2.45, 2.75) is 16.8 Å². The molecule has 0 aliphatic rings. The zero-order chi connectivity index (χ0) is 15.4. The van der Waals surface area contributed by atoms with Crippen LogP contribution in [0.2, 0.25) is 0 Å². The number of pyridine rings is 1. The SMILES string of the molecule is CC(=O)Nc1ccc(Sc2ncc(N)cc2C(=O)O)cc1. The van der Waals surface area contributed by atoms with Crippen LogP contribution in [0.15, 0.2) is 46.5 Å². The minimum Gasteiger partial charge on any atom is -0.478 e. The van der Waals surface area contributed by atoms with E-state index < -0.39 is 5.97 Å². The molecule has 0 atom stereocenters. The van der Waals surface area contributed by atoms with Gasteiger partial charge in [0.1, 0.15) is 5.03 Å². The maximum absolute atomic E-state index is 11.2. The highest BCUT2D eigenvalue weighted by atomic mass is 32.2. The Morgan fingerprint density at radius 3 is 2.52 bits per heavy atom. The monoisotopic (exact) mass is 303 g/mol. The Hall–Kier alpha value is -2.54. The highest BCUT2D eigenvalue weighted by Gasteiger charge is 2.13. The topological polar surface area (TPSA) is 105 Å². The molecule has 0 bridgehead atoms. The van der Waals surface area contributed by atoms with Gasteiger partial charge in [-0.15, -0.1) is 0 Å². The number of carboxylic acid groups (broad SMARTS) is 1. The van der Waals surface area contributed by atoms with Crippen LogP contribution in [0, 0.1) is 0 Å². The number of aromatic carboxylic acids is 1. The summed E-state index contributed by atoms with van der Waals surface area (Å²) in [6, 6.07) is 8.41. The number of hydrogen-bond acceptors (Lipinski definition) is 5. The fourth-order valence-corrected chi connectivity index (χ4v) is 2.48. The Morgan fingerprint density at radius 1 is 1.29 bits per heavy atom. The lowest BCUT2D eigenvalue weighted by Gasteiger charge is -2.07. The van der Waals surface area contributed by atoms with Gasteiger partial charge in [0.05, 0.1) is 17.4 Å². The second kappa shape index (κ2) is 6.27. The van der Waals surface area contributed by atoms with Gasteiger partial charge in [-0.25, -0.2) is 9.78 Å². The molecule has 1 heterocycles. The summed E-state index contributed by atoms with van der Waals surface area (Å²) in [5, 5.41) is 12.2. The molecule has 108 valence electrons. The zero-order valence-electron chi connectivity index (χ0n) is 11.2. The van der Waals surface area contributed by atoms with E-state index in [0.29, 0.717) is 16.4 Å². The van der Waals surface area contributed by atoms with Gasteiger partial charge in [0.15, 0.2) is 0 Å². The number of amides is 1. The Morgan fingerprint density at radius 2 is 1.95 bits per heavy atom. The number of carboxylic acids is 1. The molecule has 1 amide bonds. The third kappa shape index (κ3) is 3.96. The van der Waals surface area contributed by atoms with Gasteiger partial charge in [0, 0.05) is 17.5 Å². The minimum atomic E-state index is -1.08. The highest BCUT2D eigenvalue weighted by molar-refractivity contribution is 7.99. The zero-order valence-corrected chi connectivity index (χ0v) is 12.0. The molecule has 4 N–H and O–H groups in total. The molecule has 0 spiro atoms. The maximum Gasteiger partial charge on any atom is 0.338 e. The number of hydrogen-bond donors (Lipinski definition) is 3. The predicted molar refractivity (Wildman–Crippen MR) is 80.5 cm³/mol. The molecule has 0 radical (unpaired) electrons. The van der Waals surface area contributed by atoms with Crippen LogP contribution in [0.1, 0.15) is 17.3 Å². The van der Waals surface area contributed by atoms with E-state index in [1.807, 2.05) is 0 Å². The molecule has 6 nitrogen and oxygen atoms in total. The summed E-state index contributed by atoms with van der Waals surface area (Å²) in [5.41, 5.74) is 6.59. The van der Waals surface area contributed by atoms with Crippen molar-refractivity contribution in [1.29, 1.82) is 0 Å². The molecule has 7 heteroatoms. The minimum absolute atomic E-state index is 0.0611. The first kappa shape index (κ1) is 14.9. The van der Waals surface area contributed by atoms with Crippen LogP contribution in [0.4, 0.5) is 11.4 Å². The van der Waals surface area contributed by atoms with Crippen molar-refractivity contribution in [3.05, 3.63) is 42.1 Å². The number of rotatable bonds is 4. The van der Waals surface area contributed by atoms with E-state index in [-0.39, 0.29) is 11.5 Å². The van der Waals surface area contributed by atoms with Crippen LogP contribution in [0.25, 0.3) is 0 Å². The number of nitrogens with two attached hydrogens (primary N) is 1. The molecule has 0 saturated heterocycles. The van der Waals surface area contributed by atoms with E-state index in [0.717, 1.165) is 4.90 Å². The van der Waals surface area contributed by atoms with E-state index in [1.165, 1.54) is 30.9 Å². The fraction of sp³-hybridized carbons (Fsp3) is 0.0714. The average molecular weight is 303 g/mol. The lowest BCUT2D eigenvalue weighted by atomic mass is 10.3. The summed E-state index contributed by atoms with van der Waals surface area (Å²) in [6.07, 6.45) is 1.42. The summed E-state index contributed by atoms with van der Waals surface area (Å²) in [6.45, 7) is 1.43. The summed E-state index contributed by atoms with van der Waals surface area (Å²) >= 11 is 1.22. The first-order chi connectivity index (χ1) is 9.95. The molecule has 0 aliphatic carbocycles. The number of nitrogens with one attached hydrogen (secondary N) is 1. The maximum atomic E-state index is 11.2. The number of nitrogen functional groups attached to an aromatic ring is 1. The molecule has 2 rings (SSSR count). The number of aromatic nitrogens is 1. The van der Waals surface area contributed by atoms with Gasteiger partial charge in [-0.2, -0.15) is 0 Å². The summed E-state index contributed by atoms with van der Waals surface area (Å²) in [7, 11) is 0. The van der Waals surface area contributed by atoms with Gasteiger partial charge in [0.2, 0.25) is 5.91 Å². The molecular weight excluding hydrogens is 290 g/mol. The average Bonchev–Trinajstić information content (AvgIpc) is 2.42. The molecule has 0 fully saturated rings. The van der Waals surface area contributed by atoms with E-state index in [9.17, 15) is 9.59 Å². The van der Waals surface area contributed by atoms with E-state index in [4.69, 9.17) is 10.8 Å². The predicted octanol–water partition coefficient (Wildman–Crippen LogP) is 2.47. The van der Waals surface area contributed by atoms with Crippen molar-refractivity contribution in [2.75, 3.05) is 11.1 Å². The van der Waals surface area contributed by atoms with Crippen molar-refractivity contribution in [3.63, 3.8) is 0 Å². The van der Waals surface area contributed by atoms with Gasteiger partial charge >= 0.3 is 5.97 Å². The summed E-state index contributed by atoms with van der Waals surface area (Å²) in [4.78, 5) is 27.0. The van der Waals surface area contributed by atoms with Crippen LogP contribution in [0.3, 0.4) is 0 Å². The molecule has 0 aliphatic heterocycles. The van der Waals surface area contributed by atoms with Crippen LogP contribution in [-0.2, 0) is 4.79 Å². The molecule has 2 aromatic rings. The Labute approximate surface area is 125 Å². The van der Waals surface area contributed by atoms with Crippen LogP contribution < -0.4 is 11.1 Å². The van der Waals surface area contributed by atoms with Gasteiger partial charge in [-0.05, 0) is 30.3 Å². The first-order valence-electron chi connectivity index (χ1n) is 6.00. The van der Waals surface area contributed by atoms with Crippen molar-refractivity contribution in [2.24, 2.45) is 0 Å². The van der Waals surface area contributed by atoms with Gasteiger partial charge < -0.3 is 16.2 Å². The number of benzene rings is 1. The Bertz CT molecular complexity index is 686. The third-order valence-corrected chi connectivity index (χ3v) is 3.52. The molecule has 0 saturated carbocycles. The second-order valence-electron chi connectivity index (χ2n) is 4.23. The van der Waals surface area contributed by atoms with E-state index >= 15 is 0 Å². The van der Waals surface area contributed by atoms with Crippen molar-refractivity contribution < 1.29 is 14.7 Å². The molecule has 1 aromatic carbocycles. The Balaban J connectivity index is 2.22. The van der Waals surface area contributed by atoms with Crippen molar-refractivity contribution in [1.82, 2.24) is 4.98 Å². The number of nitrogens with zero attached hydrogens (tertiary/aromatic N) is 1. The lowest BCUT2D eigenvalue weighted by Crippen LogP contribution is -2.05. The van der Waals surface area contributed by atoms with Gasteiger partial charge in [0.25, 0.3) is 0 Å². The second-order valence-corrected chi connectivity index (χ2v) is 5.30. The normalized spacial score (nSPS) is 10.1. The van der Waals surface area contributed by atoms with Crippen LogP contribution >= 0.6 is 11.8 Å². The van der Waals surface area contributed by atoms with Crippen LogP contribution in [-0.4, -0.2) is 22.0 Å². The largest absolute Gasteiger partial charge is 0.478 e.